The number of rotatable bonds is 5. The lowest BCUT2D eigenvalue weighted by Crippen LogP contribution is -2.45. The first kappa shape index (κ1) is 19.8. The number of hydrogen-bond donors (Lipinski definition) is 1. The van der Waals surface area contributed by atoms with Crippen molar-refractivity contribution in [3.63, 3.8) is 0 Å². The van der Waals surface area contributed by atoms with E-state index in [0.717, 1.165) is 36.3 Å². The Balaban J connectivity index is 1.79. The van der Waals surface area contributed by atoms with Crippen molar-refractivity contribution in [2.75, 3.05) is 26.2 Å². The molecule has 27 heavy (non-hydrogen) atoms. The SMILES string of the molecule is FC(F)C[C@H](c1ccc(-c2ccc(C(F)(F)F)cc2)cc1)N1CCNCC1. The molecule has 146 valence electrons. The molecule has 1 aliphatic heterocycles. The van der Waals surface area contributed by atoms with E-state index in [1.807, 2.05) is 0 Å². The lowest BCUT2D eigenvalue weighted by molar-refractivity contribution is -0.137. The van der Waals surface area contributed by atoms with E-state index in [1.165, 1.54) is 12.1 Å². The lowest BCUT2D eigenvalue weighted by atomic mass is 9.97. The summed E-state index contributed by atoms with van der Waals surface area (Å²) in [5.41, 5.74) is 1.51. The van der Waals surface area contributed by atoms with Crippen LogP contribution in [0.1, 0.15) is 23.6 Å². The van der Waals surface area contributed by atoms with Crippen molar-refractivity contribution in [1.82, 2.24) is 10.2 Å². The first-order valence-electron chi connectivity index (χ1n) is 8.85. The van der Waals surface area contributed by atoms with Crippen molar-refractivity contribution in [1.29, 1.82) is 0 Å². The molecule has 1 atom stereocenters. The molecular weight excluding hydrogens is 363 g/mol. The van der Waals surface area contributed by atoms with E-state index in [2.05, 4.69) is 10.2 Å². The molecule has 0 amide bonds. The molecule has 1 aliphatic rings. The Labute approximate surface area is 155 Å². The Bertz CT molecular complexity index is 720. The van der Waals surface area contributed by atoms with Gasteiger partial charge in [-0.05, 0) is 28.8 Å². The molecule has 1 N–H and O–H groups in total. The van der Waals surface area contributed by atoms with Crippen molar-refractivity contribution in [3.8, 4) is 11.1 Å². The quantitative estimate of drug-likeness (QED) is 0.732. The van der Waals surface area contributed by atoms with Gasteiger partial charge in [-0.2, -0.15) is 13.2 Å². The highest BCUT2D eigenvalue weighted by Crippen LogP contribution is 2.32. The fraction of sp³-hybridized carbons (Fsp3) is 0.400. The Hall–Kier alpha value is -1.99. The highest BCUT2D eigenvalue weighted by Gasteiger charge is 2.30. The minimum atomic E-state index is -4.37. The molecule has 0 radical (unpaired) electrons. The van der Waals surface area contributed by atoms with Gasteiger partial charge in [0.1, 0.15) is 0 Å². The van der Waals surface area contributed by atoms with Gasteiger partial charge >= 0.3 is 6.18 Å². The van der Waals surface area contributed by atoms with Gasteiger partial charge in [-0.1, -0.05) is 36.4 Å². The van der Waals surface area contributed by atoms with Crippen LogP contribution in [0.3, 0.4) is 0 Å². The van der Waals surface area contributed by atoms with Crippen LogP contribution in [0, 0.1) is 0 Å². The molecule has 1 saturated heterocycles. The van der Waals surface area contributed by atoms with Crippen molar-refractivity contribution in [3.05, 3.63) is 59.7 Å². The maximum Gasteiger partial charge on any atom is 0.416 e. The summed E-state index contributed by atoms with van der Waals surface area (Å²) in [6.07, 6.45) is -7.01. The van der Waals surface area contributed by atoms with Gasteiger partial charge in [0.15, 0.2) is 0 Å². The molecule has 7 heteroatoms. The van der Waals surface area contributed by atoms with Gasteiger partial charge in [-0.3, -0.25) is 4.90 Å². The van der Waals surface area contributed by atoms with Gasteiger partial charge in [0.25, 0.3) is 0 Å². The van der Waals surface area contributed by atoms with Gasteiger partial charge in [0, 0.05) is 38.6 Å². The van der Waals surface area contributed by atoms with Crippen molar-refractivity contribution >= 4 is 0 Å². The molecule has 1 heterocycles. The van der Waals surface area contributed by atoms with E-state index in [0.29, 0.717) is 18.7 Å². The number of nitrogens with zero attached hydrogens (tertiary/aromatic N) is 1. The average molecular weight is 384 g/mol. The Morgan fingerprint density at radius 3 is 1.85 bits per heavy atom. The van der Waals surface area contributed by atoms with Crippen LogP contribution in [-0.4, -0.2) is 37.5 Å². The summed E-state index contributed by atoms with van der Waals surface area (Å²) < 4.78 is 64.2. The topological polar surface area (TPSA) is 15.3 Å². The van der Waals surface area contributed by atoms with Crippen LogP contribution in [0.2, 0.25) is 0 Å². The number of hydrogen-bond acceptors (Lipinski definition) is 2. The summed E-state index contributed by atoms with van der Waals surface area (Å²) in [6, 6.07) is 11.7. The minimum Gasteiger partial charge on any atom is -0.314 e. The monoisotopic (exact) mass is 384 g/mol. The summed E-state index contributed by atoms with van der Waals surface area (Å²) >= 11 is 0. The van der Waals surface area contributed by atoms with Gasteiger partial charge in [0.2, 0.25) is 6.43 Å². The largest absolute Gasteiger partial charge is 0.416 e. The first-order chi connectivity index (χ1) is 12.8. The molecule has 0 aliphatic carbocycles. The zero-order valence-electron chi connectivity index (χ0n) is 14.6. The predicted molar refractivity (Wildman–Crippen MR) is 94.7 cm³/mol. The number of nitrogens with one attached hydrogen (secondary N) is 1. The fourth-order valence-corrected chi connectivity index (χ4v) is 3.41. The standard InChI is InChI=1S/C20H21F5N2/c21-19(22)13-18(27-11-9-26-10-12-27)16-3-1-14(2-4-16)15-5-7-17(8-6-15)20(23,24)25/h1-8,18-19,26H,9-13H2/t18-/m1/s1. The summed E-state index contributed by atoms with van der Waals surface area (Å²) in [7, 11) is 0. The molecule has 2 aromatic carbocycles. The second-order valence-corrected chi connectivity index (χ2v) is 6.63. The molecule has 0 saturated carbocycles. The Kier molecular flexibility index (Phi) is 6.11. The Morgan fingerprint density at radius 1 is 0.852 bits per heavy atom. The molecule has 1 fully saturated rings. The third kappa shape index (κ3) is 5.05. The van der Waals surface area contributed by atoms with Crippen LogP contribution in [0.5, 0.6) is 0 Å². The second kappa shape index (κ2) is 8.35. The number of benzene rings is 2. The molecule has 3 rings (SSSR count). The zero-order valence-corrected chi connectivity index (χ0v) is 14.6. The molecule has 0 aromatic heterocycles. The highest BCUT2D eigenvalue weighted by molar-refractivity contribution is 5.64. The Morgan fingerprint density at radius 2 is 1.37 bits per heavy atom. The lowest BCUT2D eigenvalue weighted by Gasteiger charge is -2.35. The smallest absolute Gasteiger partial charge is 0.314 e. The molecule has 0 spiro atoms. The number of halogens is 5. The maximum absolute atomic E-state index is 13.1. The summed E-state index contributed by atoms with van der Waals surface area (Å²) in [6.45, 7) is 2.95. The number of alkyl halides is 5. The summed E-state index contributed by atoms with van der Waals surface area (Å²) in [5.74, 6) is 0. The zero-order chi connectivity index (χ0) is 19.4. The van der Waals surface area contributed by atoms with E-state index in [9.17, 15) is 22.0 Å². The van der Waals surface area contributed by atoms with Gasteiger partial charge < -0.3 is 5.32 Å². The number of piperazine rings is 1. The van der Waals surface area contributed by atoms with Crippen LogP contribution < -0.4 is 5.32 Å². The molecule has 2 nitrogen and oxygen atoms in total. The third-order valence-electron chi connectivity index (χ3n) is 4.83. The van der Waals surface area contributed by atoms with Crippen LogP contribution in [0.15, 0.2) is 48.5 Å². The second-order valence-electron chi connectivity index (χ2n) is 6.63. The van der Waals surface area contributed by atoms with Gasteiger partial charge in [0.05, 0.1) is 5.56 Å². The van der Waals surface area contributed by atoms with Crippen LogP contribution in [-0.2, 0) is 6.18 Å². The average Bonchev–Trinajstić information content (AvgIpc) is 2.66. The van der Waals surface area contributed by atoms with E-state index < -0.39 is 18.2 Å². The van der Waals surface area contributed by atoms with E-state index in [-0.39, 0.29) is 12.5 Å². The van der Waals surface area contributed by atoms with E-state index in [4.69, 9.17) is 0 Å². The highest BCUT2D eigenvalue weighted by atomic mass is 19.4. The predicted octanol–water partition coefficient (Wildman–Crippen LogP) is 4.97. The fourth-order valence-electron chi connectivity index (χ4n) is 3.41. The van der Waals surface area contributed by atoms with Gasteiger partial charge in [-0.15, -0.1) is 0 Å². The molecule has 0 unspecified atom stereocenters. The summed E-state index contributed by atoms with van der Waals surface area (Å²) in [5, 5.41) is 3.21. The molecule has 2 aromatic rings. The molecule has 0 bridgehead atoms. The van der Waals surface area contributed by atoms with E-state index in [1.54, 1.807) is 24.3 Å². The van der Waals surface area contributed by atoms with Crippen molar-refractivity contribution in [2.24, 2.45) is 0 Å². The van der Waals surface area contributed by atoms with Crippen molar-refractivity contribution in [2.45, 2.75) is 25.1 Å². The van der Waals surface area contributed by atoms with Crippen LogP contribution >= 0.6 is 0 Å². The third-order valence-corrected chi connectivity index (χ3v) is 4.83. The summed E-state index contributed by atoms with van der Waals surface area (Å²) in [4.78, 5) is 2.05. The minimum absolute atomic E-state index is 0.236. The van der Waals surface area contributed by atoms with Gasteiger partial charge in [-0.25, -0.2) is 8.78 Å². The normalized spacial score (nSPS) is 17.3. The maximum atomic E-state index is 13.1. The van der Waals surface area contributed by atoms with Crippen LogP contribution in [0.4, 0.5) is 22.0 Å². The first-order valence-corrected chi connectivity index (χ1v) is 8.85. The van der Waals surface area contributed by atoms with Crippen LogP contribution in [0.25, 0.3) is 11.1 Å². The molecular formula is C20H21F5N2. The van der Waals surface area contributed by atoms with Crippen molar-refractivity contribution < 1.29 is 22.0 Å². The van der Waals surface area contributed by atoms with E-state index >= 15 is 0 Å².